The van der Waals surface area contributed by atoms with E-state index in [0.717, 1.165) is 23.4 Å². The molecule has 1 aromatic carbocycles. The summed E-state index contributed by atoms with van der Waals surface area (Å²) < 4.78 is 26.5. The molecular formula is C14H14ClF2NS. The van der Waals surface area contributed by atoms with Gasteiger partial charge in [-0.2, -0.15) is 0 Å². The van der Waals surface area contributed by atoms with Crippen LogP contribution in [0, 0.1) is 11.6 Å². The maximum atomic E-state index is 13.4. The van der Waals surface area contributed by atoms with Crippen molar-refractivity contribution in [3.63, 3.8) is 0 Å². The van der Waals surface area contributed by atoms with Crippen LogP contribution in [-0.4, -0.2) is 7.05 Å². The number of hydrogen-bond acceptors (Lipinski definition) is 2. The summed E-state index contributed by atoms with van der Waals surface area (Å²) in [7, 11) is 1.77. The van der Waals surface area contributed by atoms with Crippen molar-refractivity contribution in [3.8, 4) is 0 Å². The fourth-order valence-corrected chi connectivity index (χ4v) is 3.29. The van der Waals surface area contributed by atoms with Crippen molar-refractivity contribution in [2.75, 3.05) is 7.05 Å². The SMILES string of the molecule is CCc1ccc(C(NC)c2cc(F)c(F)cc2Cl)s1. The molecule has 0 bridgehead atoms. The average Bonchev–Trinajstić information content (AvgIpc) is 2.85. The summed E-state index contributed by atoms with van der Waals surface area (Å²) in [6.07, 6.45) is 0.951. The topological polar surface area (TPSA) is 12.0 Å². The molecule has 1 N–H and O–H groups in total. The van der Waals surface area contributed by atoms with Gasteiger partial charge in [0.15, 0.2) is 11.6 Å². The summed E-state index contributed by atoms with van der Waals surface area (Å²) in [5.41, 5.74) is 0.549. The molecule has 0 spiro atoms. The lowest BCUT2D eigenvalue weighted by molar-refractivity contribution is 0.505. The molecule has 0 aliphatic rings. The Balaban J connectivity index is 2.44. The average molecular weight is 302 g/mol. The molecular weight excluding hydrogens is 288 g/mol. The maximum Gasteiger partial charge on any atom is 0.160 e. The Morgan fingerprint density at radius 2 is 1.95 bits per heavy atom. The van der Waals surface area contributed by atoms with Crippen LogP contribution in [0.1, 0.15) is 28.3 Å². The number of halogens is 3. The second-order valence-electron chi connectivity index (χ2n) is 4.17. The summed E-state index contributed by atoms with van der Waals surface area (Å²) in [6.45, 7) is 2.08. The summed E-state index contributed by atoms with van der Waals surface area (Å²) >= 11 is 7.67. The van der Waals surface area contributed by atoms with Crippen molar-refractivity contribution >= 4 is 22.9 Å². The monoisotopic (exact) mass is 301 g/mol. The Morgan fingerprint density at radius 3 is 2.53 bits per heavy atom. The second-order valence-corrected chi connectivity index (χ2v) is 5.77. The van der Waals surface area contributed by atoms with Gasteiger partial charge in [0, 0.05) is 14.8 Å². The van der Waals surface area contributed by atoms with E-state index in [0.29, 0.717) is 5.56 Å². The molecule has 1 aromatic heterocycles. The van der Waals surface area contributed by atoms with Gasteiger partial charge in [-0.25, -0.2) is 8.78 Å². The third kappa shape index (κ3) is 2.96. The van der Waals surface area contributed by atoms with Crippen molar-refractivity contribution in [3.05, 3.63) is 56.2 Å². The smallest absolute Gasteiger partial charge is 0.160 e. The third-order valence-electron chi connectivity index (χ3n) is 2.95. The molecule has 2 rings (SSSR count). The molecule has 0 fully saturated rings. The van der Waals surface area contributed by atoms with Crippen LogP contribution in [0.25, 0.3) is 0 Å². The van der Waals surface area contributed by atoms with E-state index < -0.39 is 11.6 Å². The number of hydrogen-bond donors (Lipinski definition) is 1. The summed E-state index contributed by atoms with van der Waals surface area (Å²) in [5, 5.41) is 3.32. The zero-order valence-electron chi connectivity index (χ0n) is 10.6. The predicted octanol–water partition coefficient (Wildman–Crippen LogP) is 4.55. The standard InChI is InChI=1S/C14H14ClF2NS/c1-3-8-4-5-13(19-8)14(18-2)9-6-11(16)12(17)7-10(9)15/h4-7,14,18H,3H2,1-2H3. The van der Waals surface area contributed by atoms with Gasteiger partial charge >= 0.3 is 0 Å². The summed E-state index contributed by atoms with van der Waals surface area (Å²) in [4.78, 5) is 2.28. The fourth-order valence-electron chi connectivity index (χ4n) is 1.95. The zero-order chi connectivity index (χ0) is 14.0. The largest absolute Gasteiger partial charge is 0.309 e. The Kier molecular flexibility index (Phi) is 4.55. The van der Waals surface area contributed by atoms with Crippen LogP contribution in [0.3, 0.4) is 0 Å². The second kappa shape index (κ2) is 5.99. The van der Waals surface area contributed by atoms with Crippen molar-refractivity contribution in [2.24, 2.45) is 0 Å². The van der Waals surface area contributed by atoms with Crippen molar-refractivity contribution in [1.29, 1.82) is 0 Å². The highest BCUT2D eigenvalue weighted by Gasteiger charge is 2.19. The van der Waals surface area contributed by atoms with Crippen LogP contribution in [0.5, 0.6) is 0 Å². The van der Waals surface area contributed by atoms with Crippen LogP contribution in [0.2, 0.25) is 5.02 Å². The van der Waals surface area contributed by atoms with Crippen molar-refractivity contribution in [1.82, 2.24) is 5.32 Å². The van der Waals surface area contributed by atoms with Gasteiger partial charge in [0.25, 0.3) is 0 Å². The molecule has 1 heterocycles. The molecule has 0 aliphatic heterocycles. The summed E-state index contributed by atoms with van der Waals surface area (Å²) in [5.74, 6) is -1.81. The number of benzene rings is 1. The molecule has 0 aliphatic carbocycles. The van der Waals surface area contributed by atoms with Crippen LogP contribution < -0.4 is 5.32 Å². The molecule has 102 valence electrons. The number of rotatable bonds is 4. The molecule has 0 saturated carbocycles. The van der Waals surface area contributed by atoms with Gasteiger partial charge in [-0.15, -0.1) is 11.3 Å². The van der Waals surface area contributed by atoms with E-state index >= 15 is 0 Å². The Bertz CT molecular complexity index is 583. The van der Waals surface area contributed by atoms with Crippen LogP contribution in [0.4, 0.5) is 8.78 Å². The van der Waals surface area contributed by atoms with Crippen molar-refractivity contribution < 1.29 is 8.78 Å². The first kappa shape index (κ1) is 14.4. The minimum atomic E-state index is -0.927. The van der Waals surface area contributed by atoms with Crippen LogP contribution in [-0.2, 0) is 6.42 Å². The lowest BCUT2D eigenvalue weighted by atomic mass is 10.1. The van der Waals surface area contributed by atoms with E-state index in [-0.39, 0.29) is 11.1 Å². The molecule has 1 unspecified atom stereocenters. The summed E-state index contributed by atoms with van der Waals surface area (Å²) in [6, 6.07) is 5.98. The zero-order valence-corrected chi connectivity index (χ0v) is 12.2. The highest BCUT2D eigenvalue weighted by Crippen LogP contribution is 2.33. The molecule has 1 nitrogen and oxygen atoms in total. The number of aryl methyl sites for hydroxylation is 1. The van der Waals surface area contributed by atoms with Gasteiger partial charge in [-0.3, -0.25) is 0 Å². The first-order valence-corrected chi connectivity index (χ1v) is 7.16. The molecule has 0 radical (unpaired) electrons. The van der Waals surface area contributed by atoms with E-state index in [1.165, 1.54) is 4.88 Å². The van der Waals surface area contributed by atoms with E-state index in [2.05, 4.69) is 12.2 Å². The fraction of sp³-hybridized carbons (Fsp3) is 0.286. The van der Waals surface area contributed by atoms with Crippen LogP contribution >= 0.6 is 22.9 Å². The maximum absolute atomic E-state index is 13.4. The van der Waals surface area contributed by atoms with Crippen molar-refractivity contribution in [2.45, 2.75) is 19.4 Å². The highest BCUT2D eigenvalue weighted by molar-refractivity contribution is 7.12. The molecule has 0 saturated heterocycles. The first-order chi connectivity index (χ1) is 9.06. The van der Waals surface area contributed by atoms with E-state index in [4.69, 9.17) is 11.6 Å². The minimum Gasteiger partial charge on any atom is -0.309 e. The van der Waals surface area contributed by atoms with Gasteiger partial charge in [0.1, 0.15) is 0 Å². The van der Waals surface area contributed by atoms with E-state index in [1.807, 2.05) is 12.1 Å². The lowest BCUT2D eigenvalue weighted by Gasteiger charge is -2.17. The van der Waals surface area contributed by atoms with Gasteiger partial charge in [0.2, 0.25) is 0 Å². The first-order valence-electron chi connectivity index (χ1n) is 5.97. The predicted molar refractivity (Wildman–Crippen MR) is 76.0 cm³/mol. The third-order valence-corrected chi connectivity index (χ3v) is 4.58. The normalized spacial score (nSPS) is 12.7. The van der Waals surface area contributed by atoms with Gasteiger partial charge in [-0.05, 0) is 43.3 Å². The minimum absolute atomic E-state index is 0.227. The van der Waals surface area contributed by atoms with E-state index in [1.54, 1.807) is 18.4 Å². The number of thiophene rings is 1. The van der Waals surface area contributed by atoms with Gasteiger partial charge < -0.3 is 5.32 Å². The van der Waals surface area contributed by atoms with Gasteiger partial charge in [0.05, 0.1) is 6.04 Å². The molecule has 0 amide bonds. The van der Waals surface area contributed by atoms with Crippen LogP contribution in [0.15, 0.2) is 24.3 Å². The Labute approximate surface area is 120 Å². The highest BCUT2D eigenvalue weighted by atomic mass is 35.5. The molecule has 5 heteroatoms. The molecule has 1 atom stereocenters. The quantitative estimate of drug-likeness (QED) is 0.817. The van der Waals surface area contributed by atoms with Gasteiger partial charge in [-0.1, -0.05) is 18.5 Å². The lowest BCUT2D eigenvalue weighted by Crippen LogP contribution is -2.17. The Hall–Kier alpha value is -0.970. The number of nitrogens with one attached hydrogen (secondary N) is 1. The molecule has 19 heavy (non-hydrogen) atoms. The van der Waals surface area contributed by atoms with E-state index in [9.17, 15) is 8.78 Å². The Morgan fingerprint density at radius 1 is 1.26 bits per heavy atom. The molecule has 2 aromatic rings.